The van der Waals surface area contributed by atoms with Crippen molar-refractivity contribution >= 4 is 20.2 Å². The van der Waals surface area contributed by atoms with Gasteiger partial charge in [0.25, 0.3) is 0 Å². The topological polar surface area (TPSA) is 78.9 Å². The number of esters is 1. The molecule has 192 valence electrons. The number of hydrogen-bond acceptors (Lipinski definition) is 6. The minimum absolute atomic E-state index is 0.0266. The van der Waals surface area contributed by atoms with Gasteiger partial charge < -0.3 is 14.2 Å². The van der Waals surface area contributed by atoms with Crippen molar-refractivity contribution in [3.8, 4) is 11.5 Å². The summed E-state index contributed by atoms with van der Waals surface area (Å²) in [5.74, 6) is -0.848. The van der Waals surface area contributed by atoms with Gasteiger partial charge in [-0.25, -0.2) is 0 Å². The van der Waals surface area contributed by atoms with Gasteiger partial charge in [-0.3, -0.25) is 14.2 Å². The fourth-order valence-corrected chi connectivity index (χ4v) is 5.45. The van der Waals surface area contributed by atoms with Gasteiger partial charge in [0.2, 0.25) is 5.16 Å². The van der Waals surface area contributed by atoms with Gasteiger partial charge in [-0.05, 0) is 54.1 Å². The van der Waals surface area contributed by atoms with Crippen molar-refractivity contribution in [3.63, 3.8) is 0 Å². The van der Waals surface area contributed by atoms with Crippen molar-refractivity contribution in [2.45, 2.75) is 79.8 Å². The zero-order chi connectivity index (χ0) is 26.3. The molecule has 3 atom stereocenters. The van der Waals surface area contributed by atoms with Crippen LogP contribution in [0.5, 0.6) is 11.5 Å². The Morgan fingerprint density at radius 3 is 1.74 bits per heavy atom. The van der Waals surface area contributed by atoms with Gasteiger partial charge in [-0.1, -0.05) is 61.5 Å². The molecule has 0 radical (unpaired) electrons. The van der Waals surface area contributed by atoms with E-state index in [0.717, 1.165) is 12.8 Å². The second kappa shape index (κ2) is 12.2. The van der Waals surface area contributed by atoms with Crippen LogP contribution < -0.4 is 9.47 Å². The Morgan fingerprint density at radius 2 is 1.32 bits per heavy atom. The quantitative estimate of drug-likeness (QED) is 0.135. The highest BCUT2D eigenvalue weighted by molar-refractivity contribution is 7.30. The van der Waals surface area contributed by atoms with Crippen molar-refractivity contribution in [2.24, 2.45) is 22.7 Å². The first-order valence-electron chi connectivity index (χ1n) is 11.9. The maximum atomic E-state index is 14.0. The second-order valence-electron chi connectivity index (χ2n) is 11.9. The number of carbonyl (C=O) groups excluding carboxylic acids is 2. The summed E-state index contributed by atoms with van der Waals surface area (Å²) in [6, 6.07) is 4.94. The summed E-state index contributed by atoms with van der Waals surface area (Å²) in [6.45, 7) is 16.8. The van der Waals surface area contributed by atoms with Crippen LogP contribution in [0.1, 0.15) is 85.0 Å². The second-order valence-corrected chi connectivity index (χ2v) is 12.8. The van der Waals surface area contributed by atoms with Crippen LogP contribution >= 0.6 is 8.46 Å². The average molecular weight is 495 g/mol. The zero-order valence-corrected chi connectivity index (χ0v) is 23.5. The lowest BCUT2D eigenvalue weighted by atomic mass is 9.79. The number of benzene rings is 1. The molecule has 1 aromatic carbocycles. The summed E-state index contributed by atoms with van der Waals surface area (Å²) in [5.41, 5.74) is 0.140. The molecule has 1 rings (SSSR count). The molecule has 0 bridgehead atoms. The lowest BCUT2D eigenvalue weighted by Gasteiger charge is -2.31. The van der Waals surface area contributed by atoms with E-state index in [1.54, 1.807) is 18.2 Å². The van der Waals surface area contributed by atoms with Crippen molar-refractivity contribution in [1.29, 1.82) is 0 Å². The van der Waals surface area contributed by atoms with Gasteiger partial charge in [0, 0.05) is 0 Å². The molecule has 0 saturated heterocycles. The van der Waals surface area contributed by atoms with Crippen LogP contribution in [0.25, 0.3) is 0 Å². The molecule has 3 unspecified atom stereocenters. The molecule has 0 fully saturated rings. The lowest BCUT2D eigenvalue weighted by Crippen LogP contribution is -2.45. The average Bonchev–Trinajstić information content (AvgIpc) is 2.72. The number of rotatable bonds is 12. The third-order valence-corrected chi connectivity index (χ3v) is 6.47. The normalized spacial score (nSPS) is 15.8. The van der Waals surface area contributed by atoms with E-state index < -0.39 is 25.4 Å². The van der Waals surface area contributed by atoms with E-state index in [-0.39, 0.29) is 52.8 Å². The van der Waals surface area contributed by atoms with Crippen LogP contribution in [-0.4, -0.2) is 37.7 Å². The standard InChI is InChI=1S/C27H43O6P/c1-18(14-25(3,4)5)16-27(34-30,24(29)33-17-19(2)15-26(6,7)8)23(28)22-20(31-9)12-11-13-21(22)32-10/h11-13,18-19H,14-17H2,1-10H3. The fourth-order valence-electron chi connectivity index (χ4n) is 4.73. The van der Waals surface area contributed by atoms with E-state index >= 15 is 0 Å². The Balaban J connectivity index is 3.46. The Kier molecular flexibility index (Phi) is 10.8. The molecule has 0 N–H and O–H groups in total. The highest BCUT2D eigenvalue weighted by Crippen LogP contribution is 2.43. The molecule has 0 heterocycles. The Labute approximate surface area is 207 Å². The lowest BCUT2D eigenvalue weighted by molar-refractivity contribution is -0.147. The van der Waals surface area contributed by atoms with Gasteiger partial charge in [0.05, 0.1) is 20.8 Å². The van der Waals surface area contributed by atoms with E-state index in [2.05, 4.69) is 41.5 Å². The van der Waals surface area contributed by atoms with Gasteiger partial charge in [-0.2, -0.15) is 0 Å². The van der Waals surface area contributed by atoms with Crippen LogP contribution in [0.3, 0.4) is 0 Å². The molecule has 0 amide bonds. The molecule has 7 heteroatoms. The number of methoxy groups -OCH3 is 2. The summed E-state index contributed by atoms with van der Waals surface area (Å²) >= 11 is 0. The van der Waals surface area contributed by atoms with Crippen LogP contribution in [-0.2, 0) is 14.1 Å². The zero-order valence-electron chi connectivity index (χ0n) is 22.6. The third kappa shape index (κ3) is 8.37. The van der Waals surface area contributed by atoms with Crippen LogP contribution in [0, 0.1) is 22.7 Å². The molecular formula is C27H43O6P. The molecule has 0 spiro atoms. The first-order chi connectivity index (χ1) is 15.6. The predicted molar refractivity (Wildman–Crippen MR) is 136 cm³/mol. The molecule has 34 heavy (non-hydrogen) atoms. The minimum atomic E-state index is -1.89. The van der Waals surface area contributed by atoms with Gasteiger partial charge in [0.15, 0.2) is 14.2 Å². The molecule has 0 aliphatic heterocycles. The Morgan fingerprint density at radius 1 is 0.853 bits per heavy atom. The number of ketones is 1. The molecule has 0 aliphatic carbocycles. The summed E-state index contributed by atoms with van der Waals surface area (Å²) in [5, 5.41) is -1.89. The van der Waals surface area contributed by atoms with E-state index in [9.17, 15) is 14.2 Å². The molecule has 0 aromatic heterocycles. The number of ether oxygens (including phenoxy) is 3. The highest BCUT2D eigenvalue weighted by atomic mass is 31.1. The molecular weight excluding hydrogens is 451 g/mol. The number of hydrogen-bond donors (Lipinski definition) is 0. The summed E-state index contributed by atoms with van der Waals surface area (Å²) in [4.78, 5) is 27.6. The maximum Gasteiger partial charge on any atom is 0.331 e. The third-order valence-electron chi connectivity index (χ3n) is 5.59. The monoisotopic (exact) mass is 494 g/mol. The van der Waals surface area contributed by atoms with Crippen molar-refractivity contribution in [3.05, 3.63) is 23.8 Å². The largest absolute Gasteiger partial charge is 0.496 e. The molecule has 6 nitrogen and oxygen atoms in total. The number of Topliss-reactive ketones (excluding diaryl/α,β-unsaturated/α-hetero) is 1. The van der Waals surface area contributed by atoms with E-state index in [1.807, 2.05) is 13.8 Å². The van der Waals surface area contributed by atoms with E-state index in [1.165, 1.54) is 14.2 Å². The summed E-state index contributed by atoms with van der Waals surface area (Å²) in [6.07, 6.45) is 1.67. The molecule has 0 saturated carbocycles. The summed E-state index contributed by atoms with van der Waals surface area (Å²) in [7, 11) is 2.28. The van der Waals surface area contributed by atoms with Crippen molar-refractivity contribution in [2.75, 3.05) is 20.8 Å². The van der Waals surface area contributed by atoms with Crippen LogP contribution in [0.4, 0.5) is 0 Å². The highest BCUT2D eigenvalue weighted by Gasteiger charge is 2.52. The Hall–Kier alpha value is -1.94. The smallest absolute Gasteiger partial charge is 0.331 e. The van der Waals surface area contributed by atoms with Crippen molar-refractivity contribution in [1.82, 2.24) is 0 Å². The van der Waals surface area contributed by atoms with E-state index in [0.29, 0.717) is 0 Å². The fraction of sp³-hybridized carbons (Fsp3) is 0.704. The summed E-state index contributed by atoms with van der Waals surface area (Å²) < 4.78 is 29.2. The molecule has 0 aliphatic rings. The van der Waals surface area contributed by atoms with Gasteiger partial charge in [-0.15, -0.1) is 0 Å². The predicted octanol–water partition coefficient (Wildman–Crippen LogP) is 6.99. The van der Waals surface area contributed by atoms with Crippen LogP contribution in [0.2, 0.25) is 0 Å². The first-order valence-corrected chi connectivity index (χ1v) is 12.7. The molecule has 1 aromatic rings. The van der Waals surface area contributed by atoms with Gasteiger partial charge in [0.1, 0.15) is 17.1 Å². The number of carbonyl (C=O) groups is 2. The first kappa shape index (κ1) is 30.1. The van der Waals surface area contributed by atoms with Gasteiger partial charge >= 0.3 is 5.97 Å². The van der Waals surface area contributed by atoms with Crippen LogP contribution in [0.15, 0.2) is 18.2 Å². The minimum Gasteiger partial charge on any atom is -0.496 e. The Bertz CT molecular complexity index is 829. The maximum absolute atomic E-state index is 14.0. The van der Waals surface area contributed by atoms with E-state index in [4.69, 9.17) is 14.2 Å². The SMILES string of the molecule is COc1cccc(OC)c1C(=O)C(CC(C)CC(C)(C)C)(P=O)C(=O)OCC(C)CC(C)(C)C. The van der Waals surface area contributed by atoms with Crippen molar-refractivity contribution < 1.29 is 28.4 Å².